The number of nitrogens with zero attached hydrogens (tertiary/aromatic N) is 2. The van der Waals surface area contributed by atoms with Gasteiger partial charge in [-0.15, -0.1) is 0 Å². The zero-order valence-electron chi connectivity index (χ0n) is 14.0. The van der Waals surface area contributed by atoms with Crippen molar-refractivity contribution in [2.45, 2.75) is 12.8 Å². The van der Waals surface area contributed by atoms with Crippen molar-refractivity contribution in [3.63, 3.8) is 0 Å². The molecule has 2 N–H and O–H groups in total. The van der Waals surface area contributed by atoms with Crippen molar-refractivity contribution in [3.05, 3.63) is 48.3 Å². The van der Waals surface area contributed by atoms with Crippen LogP contribution in [0.25, 0.3) is 5.69 Å². The van der Waals surface area contributed by atoms with Crippen LogP contribution in [0, 0.1) is 5.41 Å². The number of amides is 1. The summed E-state index contributed by atoms with van der Waals surface area (Å²) < 4.78 is 7.15. The molecule has 3 rings (SSSR count). The van der Waals surface area contributed by atoms with Crippen LogP contribution in [0.3, 0.4) is 0 Å². The molecule has 0 unspecified atom stereocenters. The van der Waals surface area contributed by atoms with E-state index in [-0.39, 0.29) is 11.3 Å². The van der Waals surface area contributed by atoms with E-state index in [1.54, 1.807) is 18.0 Å². The summed E-state index contributed by atoms with van der Waals surface area (Å²) >= 11 is 0. The molecule has 0 saturated carbocycles. The number of carbonyl (C=O) groups excluding carboxylic acids is 1. The standard InChI is InChI=1S/C18H24N4O2/c1-24-14-18(6-9-19-10-7-18)13-20-17(23)15-4-2-5-16(12-15)22-11-3-8-21-22/h2-5,8,11-12,19H,6-7,9-10,13-14H2,1H3,(H,20,23). The van der Waals surface area contributed by atoms with Crippen molar-refractivity contribution in [2.75, 3.05) is 33.4 Å². The lowest BCUT2D eigenvalue weighted by atomic mass is 9.79. The summed E-state index contributed by atoms with van der Waals surface area (Å²) in [5.41, 5.74) is 1.54. The zero-order chi connectivity index (χ0) is 16.8. The average Bonchev–Trinajstić information content (AvgIpc) is 3.16. The minimum Gasteiger partial charge on any atom is -0.384 e. The van der Waals surface area contributed by atoms with E-state index in [0.717, 1.165) is 31.6 Å². The first kappa shape index (κ1) is 16.7. The first-order valence-electron chi connectivity index (χ1n) is 8.30. The van der Waals surface area contributed by atoms with E-state index in [9.17, 15) is 4.79 Å². The third-order valence-corrected chi connectivity index (χ3v) is 4.62. The first-order chi connectivity index (χ1) is 11.7. The van der Waals surface area contributed by atoms with Crippen LogP contribution < -0.4 is 10.6 Å². The fraction of sp³-hybridized carbons (Fsp3) is 0.444. The zero-order valence-corrected chi connectivity index (χ0v) is 14.0. The summed E-state index contributed by atoms with van der Waals surface area (Å²) in [5, 5.41) is 10.7. The molecule has 1 aromatic carbocycles. The maximum atomic E-state index is 12.6. The van der Waals surface area contributed by atoms with Crippen LogP contribution in [-0.2, 0) is 4.74 Å². The Bertz CT molecular complexity index is 658. The molecule has 0 spiro atoms. The molecular weight excluding hydrogens is 304 g/mol. The van der Waals surface area contributed by atoms with Gasteiger partial charge in [0.2, 0.25) is 0 Å². The van der Waals surface area contributed by atoms with E-state index >= 15 is 0 Å². The number of methoxy groups -OCH3 is 1. The fourth-order valence-corrected chi connectivity index (χ4v) is 3.22. The number of hydrogen-bond donors (Lipinski definition) is 2. The number of nitrogens with one attached hydrogen (secondary N) is 2. The molecule has 6 nitrogen and oxygen atoms in total. The molecule has 2 aromatic rings. The summed E-state index contributed by atoms with van der Waals surface area (Å²) in [5.74, 6) is -0.0574. The molecule has 0 aliphatic carbocycles. The lowest BCUT2D eigenvalue weighted by Crippen LogP contribution is -2.47. The third-order valence-electron chi connectivity index (χ3n) is 4.62. The summed E-state index contributed by atoms with van der Waals surface area (Å²) in [6.07, 6.45) is 5.60. The van der Waals surface area contributed by atoms with Crippen LogP contribution >= 0.6 is 0 Å². The highest BCUT2D eigenvalue weighted by Gasteiger charge is 2.32. The maximum absolute atomic E-state index is 12.6. The Morgan fingerprint density at radius 3 is 2.92 bits per heavy atom. The molecule has 0 bridgehead atoms. The van der Waals surface area contributed by atoms with E-state index in [2.05, 4.69) is 15.7 Å². The molecule has 128 valence electrons. The topological polar surface area (TPSA) is 68.2 Å². The highest BCUT2D eigenvalue weighted by molar-refractivity contribution is 5.94. The monoisotopic (exact) mass is 328 g/mol. The van der Waals surface area contributed by atoms with E-state index in [4.69, 9.17) is 4.74 Å². The van der Waals surface area contributed by atoms with Gasteiger partial charge in [-0.1, -0.05) is 6.07 Å². The molecule has 2 heterocycles. The second kappa shape index (κ2) is 7.59. The van der Waals surface area contributed by atoms with Crippen molar-refractivity contribution >= 4 is 5.91 Å². The molecule has 1 aliphatic heterocycles. The predicted molar refractivity (Wildman–Crippen MR) is 92.3 cm³/mol. The van der Waals surface area contributed by atoms with Crippen LogP contribution in [-0.4, -0.2) is 49.0 Å². The Balaban J connectivity index is 1.67. The minimum atomic E-state index is -0.0574. The molecule has 0 radical (unpaired) electrons. The van der Waals surface area contributed by atoms with Crippen LogP contribution in [0.2, 0.25) is 0 Å². The number of piperidine rings is 1. The van der Waals surface area contributed by atoms with Gasteiger partial charge in [0.15, 0.2) is 0 Å². The molecule has 1 aromatic heterocycles. The van der Waals surface area contributed by atoms with Crippen molar-refractivity contribution in [2.24, 2.45) is 5.41 Å². The van der Waals surface area contributed by atoms with Gasteiger partial charge in [0.25, 0.3) is 5.91 Å². The molecule has 1 saturated heterocycles. The molecule has 6 heteroatoms. The summed E-state index contributed by atoms with van der Waals surface area (Å²) in [6, 6.07) is 9.35. The van der Waals surface area contributed by atoms with E-state index in [1.807, 2.05) is 36.5 Å². The molecule has 1 amide bonds. The molecule has 1 fully saturated rings. The van der Waals surface area contributed by atoms with E-state index in [0.29, 0.717) is 18.7 Å². The number of carbonyl (C=O) groups is 1. The van der Waals surface area contributed by atoms with Crippen molar-refractivity contribution in [1.29, 1.82) is 0 Å². The first-order valence-corrected chi connectivity index (χ1v) is 8.30. The van der Waals surface area contributed by atoms with Gasteiger partial charge in [-0.25, -0.2) is 4.68 Å². The maximum Gasteiger partial charge on any atom is 0.251 e. The van der Waals surface area contributed by atoms with Crippen LogP contribution in [0.4, 0.5) is 0 Å². The third kappa shape index (κ3) is 3.83. The Morgan fingerprint density at radius 1 is 1.38 bits per heavy atom. The van der Waals surface area contributed by atoms with Crippen molar-refractivity contribution in [1.82, 2.24) is 20.4 Å². The summed E-state index contributed by atoms with van der Waals surface area (Å²) in [4.78, 5) is 12.6. The molecule has 0 atom stereocenters. The van der Waals surface area contributed by atoms with Gasteiger partial charge in [-0.05, 0) is 50.2 Å². The van der Waals surface area contributed by atoms with Gasteiger partial charge in [-0.2, -0.15) is 5.10 Å². The molecule has 24 heavy (non-hydrogen) atoms. The van der Waals surface area contributed by atoms with Crippen molar-refractivity contribution in [3.8, 4) is 5.69 Å². The predicted octanol–water partition coefficient (Wildman–Crippen LogP) is 1.62. The SMILES string of the molecule is COCC1(CNC(=O)c2cccc(-n3cccn3)c2)CCNCC1. The van der Waals surface area contributed by atoms with Gasteiger partial charge < -0.3 is 15.4 Å². The lowest BCUT2D eigenvalue weighted by Gasteiger charge is -2.37. The fourth-order valence-electron chi connectivity index (χ4n) is 3.22. The number of benzene rings is 1. The molecular formula is C18H24N4O2. The second-order valence-electron chi connectivity index (χ2n) is 6.37. The lowest BCUT2D eigenvalue weighted by molar-refractivity contribution is 0.0512. The molecule has 1 aliphatic rings. The Labute approximate surface area is 142 Å². The van der Waals surface area contributed by atoms with E-state index < -0.39 is 0 Å². The van der Waals surface area contributed by atoms with Gasteiger partial charge >= 0.3 is 0 Å². The number of aromatic nitrogens is 2. The highest BCUT2D eigenvalue weighted by Crippen LogP contribution is 2.28. The van der Waals surface area contributed by atoms with Crippen LogP contribution in [0.15, 0.2) is 42.7 Å². The number of hydrogen-bond acceptors (Lipinski definition) is 4. The number of ether oxygens (including phenoxy) is 1. The Morgan fingerprint density at radius 2 is 2.21 bits per heavy atom. The quantitative estimate of drug-likeness (QED) is 0.845. The number of rotatable bonds is 6. The normalized spacial score (nSPS) is 16.7. The van der Waals surface area contributed by atoms with E-state index in [1.165, 1.54) is 0 Å². The smallest absolute Gasteiger partial charge is 0.251 e. The van der Waals surface area contributed by atoms with Crippen molar-refractivity contribution < 1.29 is 9.53 Å². The second-order valence-corrected chi connectivity index (χ2v) is 6.37. The van der Waals surface area contributed by atoms with Gasteiger partial charge in [0.1, 0.15) is 0 Å². The van der Waals surface area contributed by atoms with Gasteiger partial charge in [0, 0.05) is 37.0 Å². The van der Waals surface area contributed by atoms with Gasteiger partial charge in [-0.3, -0.25) is 4.79 Å². The Kier molecular flexibility index (Phi) is 5.27. The summed E-state index contributed by atoms with van der Waals surface area (Å²) in [7, 11) is 1.72. The van der Waals surface area contributed by atoms with Gasteiger partial charge in [0.05, 0.1) is 12.3 Å². The van der Waals surface area contributed by atoms with Crippen LogP contribution in [0.1, 0.15) is 23.2 Å². The Hall–Kier alpha value is -2.18. The average molecular weight is 328 g/mol. The highest BCUT2D eigenvalue weighted by atomic mass is 16.5. The van der Waals surface area contributed by atoms with Crippen LogP contribution in [0.5, 0.6) is 0 Å². The largest absolute Gasteiger partial charge is 0.384 e. The minimum absolute atomic E-state index is 0.0231. The summed E-state index contributed by atoms with van der Waals surface area (Å²) in [6.45, 7) is 3.23.